The second-order valence-electron chi connectivity index (χ2n) is 9.35. The maximum Gasteiger partial charge on any atom is 0.494 e. The van der Waals surface area contributed by atoms with Crippen LogP contribution in [0.5, 0.6) is 11.5 Å². The van der Waals surface area contributed by atoms with Crippen molar-refractivity contribution in [3.8, 4) is 11.5 Å². The van der Waals surface area contributed by atoms with Gasteiger partial charge in [0.05, 0.1) is 25.4 Å². The number of nitrogens with one attached hydrogen (secondary N) is 1. The van der Waals surface area contributed by atoms with Gasteiger partial charge in [-0.3, -0.25) is 4.79 Å². The highest BCUT2D eigenvalue weighted by molar-refractivity contribution is 8.00. The molecule has 2 aromatic carbocycles. The molecule has 2 unspecified atom stereocenters. The van der Waals surface area contributed by atoms with Gasteiger partial charge in [0.1, 0.15) is 28.7 Å². The van der Waals surface area contributed by atoms with Crippen LogP contribution in [0.25, 0.3) is 0 Å². The lowest BCUT2D eigenvalue weighted by Gasteiger charge is -2.32. The summed E-state index contributed by atoms with van der Waals surface area (Å²) in [4.78, 5) is 15.2. The maximum absolute atomic E-state index is 12.8. The molecule has 1 heterocycles. The first-order valence-electron chi connectivity index (χ1n) is 11.4. The number of carbonyl (C=O) groups excluding carboxylic acids is 1. The monoisotopic (exact) mass is 502 g/mol. The number of methoxy groups -OCH3 is 2. The number of carbonyl (C=O) groups is 1. The summed E-state index contributed by atoms with van der Waals surface area (Å²) in [5, 5.41) is 13.1. The van der Waals surface area contributed by atoms with Gasteiger partial charge in [-0.2, -0.15) is 0 Å². The van der Waals surface area contributed by atoms with Crippen LogP contribution in [0.1, 0.15) is 27.7 Å². The fourth-order valence-electron chi connectivity index (χ4n) is 3.74. The Morgan fingerprint density at radius 1 is 1.03 bits per heavy atom. The lowest BCUT2D eigenvalue weighted by atomic mass is 9.79. The molecule has 3 rings (SSSR count). The largest absolute Gasteiger partial charge is 0.494 e. The molecule has 35 heavy (non-hydrogen) atoms. The molecule has 1 aliphatic rings. The van der Waals surface area contributed by atoms with E-state index in [4.69, 9.17) is 18.8 Å². The Balaban J connectivity index is 1.82. The number of amides is 1. The van der Waals surface area contributed by atoms with Crippen LogP contribution in [0.3, 0.4) is 0 Å². The molecule has 8 nitrogen and oxygen atoms in total. The first-order valence-corrected chi connectivity index (χ1v) is 12.3. The molecule has 2 N–H and O–H groups in total. The standard InChI is InChI=1S/C25H35BN2O6S/c1-24(2)25(3,4)34-26(33-24)16-12-14-17(15-13-16)35-21(22(29)27-5)23(30)28(6)20-18(31-7)10-9-11-19(20)32-8/h9-15,21,23,30H,1-8H3,(H,27,29). The topological polar surface area (TPSA) is 89.5 Å². The zero-order valence-corrected chi connectivity index (χ0v) is 22.4. The van der Waals surface area contributed by atoms with Crippen molar-refractivity contribution in [2.75, 3.05) is 33.2 Å². The summed E-state index contributed by atoms with van der Waals surface area (Å²) in [6.07, 6.45) is -1.17. The van der Waals surface area contributed by atoms with Crippen molar-refractivity contribution in [1.29, 1.82) is 0 Å². The number of nitrogens with zero attached hydrogens (tertiary/aromatic N) is 1. The molecule has 190 valence electrons. The first-order chi connectivity index (χ1) is 16.5. The average Bonchev–Trinajstić information content (AvgIpc) is 3.07. The Morgan fingerprint density at radius 3 is 2.00 bits per heavy atom. The predicted octanol–water partition coefficient (Wildman–Crippen LogP) is 2.66. The lowest BCUT2D eigenvalue weighted by Crippen LogP contribution is -2.47. The quantitative estimate of drug-likeness (QED) is 0.308. The van der Waals surface area contributed by atoms with Gasteiger partial charge in [0.2, 0.25) is 5.91 Å². The highest BCUT2D eigenvalue weighted by Crippen LogP contribution is 2.40. The molecule has 0 radical (unpaired) electrons. The van der Waals surface area contributed by atoms with Crippen LogP contribution in [0.4, 0.5) is 5.69 Å². The number of ether oxygens (including phenoxy) is 2. The third-order valence-electron chi connectivity index (χ3n) is 6.60. The molecule has 0 bridgehead atoms. The maximum atomic E-state index is 12.8. The normalized spacial score (nSPS) is 18.0. The van der Waals surface area contributed by atoms with E-state index in [1.807, 2.05) is 52.0 Å². The Bertz CT molecular complexity index is 995. The summed E-state index contributed by atoms with van der Waals surface area (Å²) in [5.41, 5.74) is 0.587. The second-order valence-corrected chi connectivity index (χ2v) is 10.6. The number of thioether (sulfide) groups is 1. The smallest absolute Gasteiger partial charge is 0.494 e. The number of rotatable bonds is 9. The van der Waals surface area contributed by atoms with E-state index in [0.29, 0.717) is 17.2 Å². The average molecular weight is 502 g/mol. The number of aliphatic hydroxyl groups is 1. The van der Waals surface area contributed by atoms with Gasteiger partial charge in [-0.25, -0.2) is 0 Å². The molecule has 10 heteroatoms. The molecule has 0 aromatic heterocycles. The van der Waals surface area contributed by atoms with Gasteiger partial charge in [0.25, 0.3) is 0 Å². The SMILES string of the molecule is CNC(=O)C(Sc1ccc(B2OC(C)(C)C(C)(C)O2)cc1)C(O)N(C)c1c(OC)cccc1OC. The van der Waals surface area contributed by atoms with E-state index in [9.17, 15) is 9.90 Å². The minimum Gasteiger partial charge on any atom is -0.494 e. The Morgan fingerprint density at radius 2 is 1.54 bits per heavy atom. The highest BCUT2D eigenvalue weighted by Gasteiger charge is 2.51. The van der Waals surface area contributed by atoms with E-state index < -0.39 is 29.8 Å². The van der Waals surface area contributed by atoms with Crippen LogP contribution in [-0.4, -0.2) is 69.1 Å². The van der Waals surface area contributed by atoms with Crippen molar-refractivity contribution in [3.63, 3.8) is 0 Å². The Labute approximate surface area is 212 Å². The van der Waals surface area contributed by atoms with Crippen LogP contribution in [-0.2, 0) is 14.1 Å². The van der Waals surface area contributed by atoms with Crippen molar-refractivity contribution < 1.29 is 28.7 Å². The predicted molar refractivity (Wildman–Crippen MR) is 140 cm³/mol. The van der Waals surface area contributed by atoms with Crippen LogP contribution in [0.2, 0.25) is 0 Å². The van der Waals surface area contributed by atoms with Crippen LogP contribution >= 0.6 is 11.8 Å². The van der Waals surface area contributed by atoms with Crippen molar-refractivity contribution in [3.05, 3.63) is 42.5 Å². The number of para-hydroxylation sites is 1. The molecule has 2 aromatic rings. The number of hydrogen-bond donors (Lipinski definition) is 2. The van der Waals surface area contributed by atoms with Gasteiger partial charge in [-0.05, 0) is 57.4 Å². The van der Waals surface area contributed by atoms with Gasteiger partial charge in [0, 0.05) is 19.0 Å². The van der Waals surface area contributed by atoms with Gasteiger partial charge in [-0.1, -0.05) is 18.2 Å². The van der Waals surface area contributed by atoms with Crippen LogP contribution < -0.4 is 25.2 Å². The molecule has 1 amide bonds. The summed E-state index contributed by atoms with van der Waals surface area (Å²) in [6.45, 7) is 8.05. The van der Waals surface area contributed by atoms with Crippen molar-refractivity contribution in [2.24, 2.45) is 0 Å². The molecular formula is C25H35BN2O6S. The van der Waals surface area contributed by atoms with E-state index in [2.05, 4.69) is 5.32 Å². The zero-order valence-electron chi connectivity index (χ0n) is 21.6. The molecule has 0 saturated carbocycles. The molecule has 1 fully saturated rings. The van der Waals surface area contributed by atoms with E-state index in [1.54, 1.807) is 51.4 Å². The van der Waals surface area contributed by atoms with Gasteiger partial charge in [0.15, 0.2) is 0 Å². The molecular weight excluding hydrogens is 467 g/mol. The third kappa shape index (κ3) is 5.56. The van der Waals surface area contributed by atoms with Gasteiger partial charge < -0.3 is 34.1 Å². The molecule has 0 aliphatic carbocycles. The van der Waals surface area contributed by atoms with Crippen LogP contribution in [0, 0.1) is 0 Å². The van der Waals surface area contributed by atoms with Crippen molar-refractivity contribution >= 4 is 35.9 Å². The number of aliphatic hydroxyl groups excluding tert-OH is 1. The van der Waals surface area contributed by atoms with Crippen molar-refractivity contribution in [2.45, 2.75) is 55.3 Å². The highest BCUT2D eigenvalue weighted by atomic mass is 32.2. The van der Waals surface area contributed by atoms with E-state index >= 15 is 0 Å². The van der Waals surface area contributed by atoms with Gasteiger partial charge >= 0.3 is 7.12 Å². The fraction of sp³-hybridized carbons (Fsp3) is 0.480. The van der Waals surface area contributed by atoms with Crippen LogP contribution in [0.15, 0.2) is 47.4 Å². The molecule has 0 spiro atoms. The second kappa shape index (κ2) is 10.7. The minimum absolute atomic E-state index is 0.307. The summed E-state index contributed by atoms with van der Waals surface area (Å²) in [6, 6.07) is 13.0. The van der Waals surface area contributed by atoms with E-state index in [1.165, 1.54) is 11.8 Å². The summed E-state index contributed by atoms with van der Waals surface area (Å²) in [7, 11) is 5.87. The van der Waals surface area contributed by atoms with Crippen molar-refractivity contribution in [1.82, 2.24) is 5.32 Å². The number of anilines is 1. The molecule has 1 saturated heterocycles. The summed E-state index contributed by atoms with van der Waals surface area (Å²) < 4.78 is 23.2. The number of hydrogen-bond acceptors (Lipinski definition) is 8. The summed E-state index contributed by atoms with van der Waals surface area (Å²) in [5.74, 6) is 0.745. The molecule has 2 atom stereocenters. The first kappa shape index (κ1) is 27.2. The van der Waals surface area contributed by atoms with E-state index in [0.717, 1.165) is 10.4 Å². The zero-order chi connectivity index (χ0) is 26.0. The fourth-order valence-corrected chi connectivity index (χ4v) is 4.85. The Hall–Kier alpha value is -2.40. The summed E-state index contributed by atoms with van der Waals surface area (Å²) >= 11 is 1.26. The minimum atomic E-state index is -1.17. The van der Waals surface area contributed by atoms with Gasteiger partial charge in [-0.15, -0.1) is 11.8 Å². The molecule has 1 aliphatic heterocycles. The number of benzene rings is 2. The van der Waals surface area contributed by atoms with E-state index in [-0.39, 0.29) is 5.91 Å². The lowest BCUT2D eigenvalue weighted by molar-refractivity contribution is -0.121. The Kier molecular flexibility index (Phi) is 8.31. The third-order valence-corrected chi connectivity index (χ3v) is 7.85.